The van der Waals surface area contributed by atoms with Gasteiger partial charge in [0.25, 0.3) is 0 Å². The number of hydrogen-bond acceptors (Lipinski definition) is 0. The maximum Gasteiger partial charge on any atom is 0.123 e. The molecule has 0 amide bonds. The summed E-state index contributed by atoms with van der Waals surface area (Å²) in [5.41, 5.74) is 4.74. The van der Waals surface area contributed by atoms with Crippen LogP contribution < -0.4 is 0 Å². The van der Waals surface area contributed by atoms with E-state index < -0.39 is 0 Å². The lowest BCUT2D eigenvalue weighted by molar-refractivity contribution is 0.570. The zero-order chi connectivity index (χ0) is 16.5. The van der Waals surface area contributed by atoms with Crippen LogP contribution in [0.4, 0.5) is 4.39 Å². The van der Waals surface area contributed by atoms with Gasteiger partial charge in [-0.25, -0.2) is 4.39 Å². The Kier molecular flexibility index (Phi) is 4.47. The molecule has 0 atom stereocenters. The van der Waals surface area contributed by atoms with Gasteiger partial charge < -0.3 is 0 Å². The van der Waals surface area contributed by atoms with Gasteiger partial charge >= 0.3 is 0 Å². The van der Waals surface area contributed by atoms with Gasteiger partial charge in [-0.15, -0.1) is 0 Å². The van der Waals surface area contributed by atoms with E-state index in [0.717, 1.165) is 17.5 Å². The Bertz CT molecular complexity index is 654. The molecule has 0 spiro atoms. The Morgan fingerprint density at radius 2 is 1.32 bits per heavy atom. The van der Waals surface area contributed by atoms with Gasteiger partial charge in [0, 0.05) is 0 Å². The van der Waals surface area contributed by atoms with Crippen molar-refractivity contribution >= 4 is 0 Å². The molecule has 0 saturated carbocycles. The summed E-state index contributed by atoms with van der Waals surface area (Å²) in [6.07, 6.45) is 0.769. The van der Waals surface area contributed by atoms with Crippen molar-refractivity contribution in [1.29, 1.82) is 0 Å². The fourth-order valence-corrected chi connectivity index (χ4v) is 2.57. The molecule has 0 saturated heterocycles. The van der Waals surface area contributed by atoms with E-state index in [9.17, 15) is 4.39 Å². The number of benzene rings is 2. The van der Waals surface area contributed by atoms with Crippen LogP contribution in [0.3, 0.4) is 0 Å². The summed E-state index contributed by atoms with van der Waals surface area (Å²) in [7, 11) is 0. The van der Waals surface area contributed by atoms with Crippen LogP contribution in [-0.2, 0) is 17.3 Å². The average molecular weight is 298 g/mol. The summed E-state index contributed by atoms with van der Waals surface area (Å²) in [6, 6.07) is 14.1. The Balaban J connectivity index is 2.34. The van der Waals surface area contributed by atoms with Crippen molar-refractivity contribution < 1.29 is 4.39 Å². The van der Waals surface area contributed by atoms with Crippen LogP contribution in [0.5, 0.6) is 0 Å². The minimum absolute atomic E-state index is 0.0376. The molecule has 0 fully saturated rings. The molecule has 0 heterocycles. The first-order valence-corrected chi connectivity index (χ1v) is 7.95. The summed E-state index contributed by atoms with van der Waals surface area (Å²) in [6.45, 7) is 13.0. The topological polar surface area (TPSA) is 0 Å². The molecule has 0 nitrogen and oxygen atoms in total. The van der Waals surface area contributed by atoms with Crippen molar-refractivity contribution in [2.45, 2.75) is 58.8 Å². The van der Waals surface area contributed by atoms with E-state index in [4.69, 9.17) is 0 Å². The molecule has 2 rings (SSSR count). The van der Waals surface area contributed by atoms with Crippen molar-refractivity contribution in [1.82, 2.24) is 0 Å². The van der Waals surface area contributed by atoms with Crippen LogP contribution in [0.25, 0.3) is 0 Å². The minimum Gasteiger partial charge on any atom is -0.207 e. The van der Waals surface area contributed by atoms with Crippen LogP contribution >= 0.6 is 0 Å². The second-order valence-electron chi connectivity index (χ2n) is 8.23. The van der Waals surface area contributed by atoms with Crippen molar-refractivity contribution in [3.8, 4) is 0 Å². The highest BCUT2D eigenvalue weighted by molar-refractivity contribution is 5.35. The van der Waals surface area contributed by atoms with Crippen LogP contribution in [-0.4, -0.2) is 0 Å². The van der Waals surface area contributed by atoms with E-state index in [2.05, 4.69) is 71.9 Å². The van der Waals surface area contributed by atoms with E-state index in [1.165, 1.54) is 11.1 Å². The fraction of sp³-hybridized carbons (Fsp3) is 0.429. The molecule has 0 radical (unpaired) electrons. The van der Waals surface area contributed by atoms with Gasteiger partial charge in [-0.1, -0.05) is 71.9 Å². The lowest BCUT2D eigenvalue weighted by atomic mass is 9.84. The van der Waals surface area contributed by atoms with Gasteiger partial charge in [-0.3, -0.25) is 0 Å². The van der Waals surface area contributed by atoms with E-state index >= 15 is 0 Å². The minimum atomic E-state index is -0.144. The standard InChI is InChI=1S/C21H27F/c1-20(2,3)17-9-7-8-15(11-17)10-16-12-18(21(4,5)6)14-19(22)13-16/h7-9,11-14H,10H2,1-6H3. The molecule has 118 valence electrons. The largest absolute Gasteiger partial charge is 0.207 e. The second-order valence-corrected chi connectivity index (χ2v) is 8.23. The lowest BCUT2D eigenvalue weighted by Crippen LogP contribution is -2.12. The van der Waals surface area contributed by atoms with Gasteiger partial charge in [-0.2, -0.15) is 0 Å². The predicted octanol–water partition coefficient (Wildman–Crippen LogP) is 6.01. The highest BCUT2D eigenvalue weighted by Crippen LogP contribution is 2.27. The quantitative estimate of drug-likeness (QED) is 0.636. The first-order chi connectivity index (χ1) is 10.1. The summed E-state index contributed by atoms with van der Waals surface area (Å²) in [5.74, 6) is -0.144. The molecule has 0 bridgehead atoms. The molecule has 22 heavy (non-hydrogen) atoms. The Hall–Kier alpha value is -1.63. The maximum atomic E-state index is 13.9. The van der Waals surface area contributed by atoms with Crippen molar-refractivity contribution in [3.63, 3.8) is 0 Å². The average Bonchev–Trinajstić information content (AvgIpc) is 2.36. The number of rotatable bonds is 2. The summed E-state index contributed by atoms with van der Waals surface area (Å²) in [5, 5.41) is 0. The summed E-state index contributed by atoms with van der Waals surface area (Å²) < 4.78 is 13.9. The Morgan fingerprint density at radius 3 is 1.91 bits per heavy atom. The van der Waals surface area contributed by atoms with Crippen LogP contribution in [0, 0.1) is 5.82 Å². The zero-order valence-electron chi connectivity index (χ0n) is 14.6. The van der Waals surface area contributed by atoms with Crippen LogP contribution in [0.15, 0.2) is 42.5 Å². The SMILES string of the molecule is CC(C)(C)c1cccc(Cc2cc(F)cc(C(C)(C)C)c2)c1. The molecular weight excluding hydrogens is 271 g/mol. The maximum absolute atomic E-state index is 13.9. The fourth-order valence-electron chi connectivity index (χ4n) is 2.57. The molecular formula is C21H27F. The van der Waals surface area contributed by atoms with Gasteiger partial charge in [0.15, 0.2) is 0 Å². The highest BCUT2D eigenvalue weighted by atomic mass is 19.1. The molecule has 0 aliphatic carbocycles. The molecule has 2 aromatic carbocycles. The highest BCUT2D eigenvalue weighted by Gasteiger charge is 2.16. The van der Waals surface area contributed by atoms with Gasteiger partial charge in [0.05, 0.1) is 0 Å². The Labute approximate surface area is 134 Å². The molecule has 1 heteroatoms. The zero-order valence-corrected chi connectivity index (χ0v) is 14.6. The summed E-state index contributed by atoms with van der Waals surface area (Å²) >= 11 is 0. The van der Waals surface area contributed by atoms with Gasteiger partial charge in [-0.05, 0) is 51.6 Å². The van der Waals surface area contributed by atoms with E-state index in [1.54, 1.807) is 12.1 Å². The normalized spacial score (nSPS) is 12.5. The first kappa shape index (κ1) is 16.7. The van der Waals surface area contributed by atoms with Gasteiger partial charge in [0.2, 0.25) is 0 Å². The molecule has 0 aliphatic rings. The molecule has 0 aromatic heterocycles. The predicted molar refractivity (Wildman–Crippen MR) is 93.0 cm³/mol. The molecule has 0 N–H and O–H groups in total. The third-order valence-electron chi connectivity index (χ3n) is 4.02. The third-order valence-corrected chi connectivity index (χ3v) is 4.02. The second kappa shape index (κ2) is 5.87. The van der Waals surface area contributed by atoms with E-state index in [-0.39, 0.29) is 16.6 Å². The Morgan fingerprint density at radius 1 is 0.727 bits per heavy atom. The molecule has 0 unspecified atom stereocenters. The van der Waals surface area contributed by atoms with Crippen LogP contribution in [0.1, 0.15) is 63.8 Å². The van der Waals surface area contributed by atoms with Gasteiger partial charge in [0.1, 0.15) is 5.82 Å². The monoisotopic (exact) mass is 298 g/mol. The molecule has 2 aromatic rings. The van der Waals surface area contributed by atoms with Crippen molar-refractivity contribution in [3.05, 3.63) is 70.5 Å². The number of halogens is 1. The molecule has 0 aliphatic heterocycles. The van der Waals surface area contributed by atoms with Crippen molar-refractivity contribution in [2.75, 3.05) is 0 Å². The van der Waals surface area contributed by atoms with E-state index in [0.29, 0.717) is 0 Å². The van der Waals surface area contributed by atoms with Crippen molar-refractivity contribution in [2.24, 2.45) is 0 Å². The first-order valence-electron chi connectivity index (χ1n) is 7.95. The smallest absolute Gasteiger partial charge is 0.123 e. The van der Waals surface area contributed by atoms with Crippen LogP contribution in [0.2, 0.25) is 0 Å². The lowest BCUT2D eigenvalue weighted by Gasteiger charge is -2.21. The summed E-state index contributed by atoms with van der Waals surface area (Å²) in [4.78, 5) is 0. The van der Waals surface area contributed by atoms with E-state index in [1.807, 2.05) is 0 Å². The third kappa shape index (κ3) is 4.19. The number of hydrogen-bond donors (Lipinski definition) is 0.